The van der Waals surface area contributed by atoms with Gasteiger partial charge in [0.2, 0.25) is 0 Å². The first-order valence-electron chi connectivity index (χ1n) is 6.75. The summed E-state index contributed by atoms with van der Waals surface area (Å²) in [6, 6.07) is 6.01. The molecule has 1 aromatic carbocycles. The molecule has 0 aromatic heterocycles. The maximum atomic E-state index is 5.98. The number of aryl methyl sites for hydroxylation is 2. The Morgan fingerprint density at radius 1 is 0.895 bits per heavy atom. The van der Waals surface area contributed by atoms with Crippen molar-refractivity contribution in [2.45, 2.75) is 34.6 Å². The molecule has 0 bridgehead atoms. The quantitative estimate of drug-likeness (QED) is 0.687. The molecule has 0 saturated heterocycles. The molecule has 0 spiro atoms. The third-order valence-corrected chi connectivity index (χ3v) is 4.93. The van der Waals surface area contributed by atoms with Crippen molar-refractivity contribution >= 4 is 9.05 Å². The maximum Gasteiger partial charge on any atom is 0.749 e. The molecule has 0 radical (unpaired) electrons. The van der Waals surface area contributed by atoms with Gasteiger partial charge in [0.05, 0.1) is 0 Å². The molecule has 0 saturated carbocycles. The Balaban J connectivity index is 2.97. The SMILES string of the molecule is CCO[Si](OCC)(OCC)Oc1ccc(C)cc1C. The van der Waals surface area contributed by atoms with E-state index in [1.54, 1.807) is 0 Å². The Kier molecular flexibility index (Phi) is 6.51. The smallest absolute Gasteiger partial charge is 0.480 e. The van der Waals surface area contributed by atoms with Crippen molar-refractivity contribution in [2.75, 3.05) is 19.8 Å². The van der Waals surface area contributed by atoms with Crippen LogP contribution in [0.25, 0.3) is 0 Å². The van der Waals surface area contributed by atoms with E-state index >= 15 is 0 Å². The van der Waals surface area contributed by atoms with Gasteiger partial charge in [0, 0.05) is 19.8 Å². The van der Waals surface area contributed by atoms with E-state index in [2.05, 4.69) is 13.0 Å². The number of hydrogen-bond acceptors (Lipinski definition) is 4. The van der Waals surface area contributed by atoms with Crippen molar-refractivity contribution in [3.8, 4) is 5.75 Å². The molecule has 0 atom stereocenters. The Hall–Kier alpha value is -0.883. The van der Waals surface area contributed by atoms with Gasteiger partial charge in [-0.15, -0.1) is 0 Å². The number of benzene rings is 1. The summed E-state index contributed by atoms with van der Waals surface area (Å²) in [5.74, 6) is 0.757. The number of hydrogen-bond donors (Lipinski definition) is 0. The Morgan fingerprint density at radius 3 is 1.84 bits per heavy atom. The monoisotopic (exact) mass is 284 g/mol. The van der Waals surface area contributed by atoms with Crippen molar-refractivity contribution in [3.63, 3.8) is 0 Å². The average Bonchev–Trinajstić information content (AvgIpc) is 2.34. The lowest BCUT2D eigenvalue weighted by Crippen LogP contribution is -2.52. The molecule has 0 aliphatic rings. The molecule has 108 valence electrons. The van der Waals surface area contributed by atoms with Crippen LogP contribution in [0.1, 0.15) is 31.9 Å². The fraction of sp³-hybridized carbons (Fsp3) is 0.571. The summed E-state index contributed by atoms with van der Waals surface area (Å²) in [7, 11) is -3.09. The van der Waals surface area contributed by atoms with Crippen LogP contribution < -0.4 is 4.43 Å². The van der Waals surface area contributed by atoms with Gasteiger partial charge in [-0.25, -0.2) is 0 Å². The largest absolute Gasteiger partial charge is 0.749 e. The second-order valence-electron chi connectivity index (χ2n) is 4.17. The zero-order valence-electron chi connectivity index (χ0n) is 12.5. The molecule has 0 unspecified atom stereocenters. The molecule has 0 amide bonds. The molecule has 1 rings (SSSR count). The van der Waals surface area contributed by atoms with E-state index in [0.29, 0.717) is 19.8 Å². The van der Waals surface area contributed by atoms with Gasteiger partial charge in [-0.05, 0) is 46.2 Å². The second kappa shape index (κ2) is 7.64. The van der Waals surface area contributed by atoms with Gasteiger partial charge in [0.1, 0.15) is 5.75 Å². The Morgan fingerprint density at radius 2 is 1.42 bits per heavy atom. The minimum atomic E-state index is -3.09. The standard InChI is InChI=1S/C14H24O4Si/c1-6-15-19(16-7-2,17-8-3)18-14-10-9-12(4)11-13(14)5/h9-11H,6-8H2,1-5H3. The van der Waals surface area contributed by atoms with Crippen LogP contribution in [0.2, 0.25) is 0 Å². The van der Waals surface area contributed by atoms with Crippen LogP contribution in [0.3, 0.4) is 0 Å². The van der Waals surface area contributed by atoms with Crippen molar-refractivity contribution < 1.29 is 17.7 Å². The molecule has 0 aliphatic carbocycles. The van der Waals surface area contributed by atoms with Crippen molar-refractivity contribution in [1.82, 2.24) is 0 Å². The lowest BCUT2D eigenvalue weighted by Gasteiger charge is -2.27. The van der Waals surface area contributed by atoms with E-state index < -0.39 is 9.05 Å². The van der Waals surface area contributed by atoms with Gasteiger partial charge in [0.15, 0.2) is 0 Å². The van der Waals surface area contributed by atoms with E-state index in [1.807, 2.05) is 39.8 Å². The van der Waals surface area contributed by atoms with E-state index in [0.717, 1.165) is 11.3 Å². The normalized spacial score (nSPS) is 11.6. The lowest BCUT2D eigenvalue weighted by atomic mass is 10.1. The van der Waals surface area contributed by atoms with E-state index in [1.165, 1.54) is 5.56 Å². The minimum absolute atomic E-state index is 0.497. The summed E-state index contributed by atoms with van der Waals surface area (Å²) in [5.41, 5.74) is 2.25. The lowest BCUT2D eigenvalue weighted by molar-refractivity contribution is 0.00949. The molecule has 0 N–H and O–H groups in total. The Labute approximate surface area is 117 Å². The van der Waals surface area contributed by atoms with Crippen LogP contribution in [0.4, 0.5) is 0 Å². The fourth-order valence-corrected chi connectivity index (χ4v) is 3.78. The third-order valence-electron chi connectivity index (χ3n) is 2.53. The highest BCUT2D eigenvalue weighted by Crippen LogP contribution is 2.24. The summed E-state index contributed by atoms with van der Waals surface area (Å²) in [4.78, 5) is 0. The molecule has 4 nitrogen and oxygen atoms in total. The van der Waals surface area contributed by atoms with E-state index in [4.69, 9.17) is 17.7 Å². The highest BCUT2D eigenvalue weighted by molar-refractivity contribution is 6.54. The van der Waals surface area contributed by atoms with Gasteiger partial charge in [0.25, 0.3) is 0 Å². The first-order chi connectivity index (χ1) is 9.06. The highest BCUT2D eigenvalue weighted by Gasteiger charge is 2.48. The van der Waals surface area contributed by atoms with Gasteiger partial charge >= 0.3 is 9.05 Å². The summed E-state index contributed by atoms with van der Waals surface area (Å²) >= 11 is 0. The van der Waals surface area contributed by atoms with Gasteiger partial charge < -0.3 is 17.7 Å². The Bertz CT molecular complexity index is 378. The predicted molar refractivity (Wildman–Crippen MR) is 77.2 cm³/mol. The van der Waals surface area contributed by atoms with Crippen LogP contribution in [0, 0.1) is 13.8 Å². The molecule has 5 heteroatoms. The molecule has 0 fully saturated rings. The topological polar surface area (TPSA) is 36.9 Å². The van der Waals surface area contributed by atoms with Crippen LogP contribution >= 0.6 is 0 Å². The molecular formula is C14H24O4Si. The van der Waals surface area contributed by atoms with Crippen molar-refractivity contribution in [1.29, 1.82) is 0 Å². The first-order valence-corrected chi connectivity index (χ1v) is 8.38. The summed E-state index contributed by atoms with van der Waals surface area (Å²) in [5, 5.41) is 0. The zero-order valence-corrected chi connectivity index (χ0v) is 13.5. The summed E-state index contributed by atoms with van der Waals surface area (Å²) < 4.78 is 23.0. The van der Waals surface area contributed by atoms with Crippen LogP contribution in [-0.2, 0) is 13.3 Å². The highest BCUT2D eigenvalue weighted by atomic mass is 28.4. The van der Waals surface area contributed by atoms with Crippen LogP contribution in [-0.4, -0.2) is 28.9 Å². The van der Waals surface area contributed by atoms with Crippen molar-refractivity contribution in [2.24, 2.45) is 0 Å². The summed E-state index contributed by atoms with van der Waals surface area (Å²) in [6.07, 6.45) is 0. The van der Waals surface area contributed by atoms with Crippen LogP contribution in [0.5, 0.6) is 5.75 Å². The minimum Gasteiger partial charge on any atom is -0.480 e. The summed E-state index contributed by atoms with van der Waals surface area (Å²) in [6.45, 7) is 11.3. The van der Waals surface area contributed by atoms with Gasteiger partial charge in [-0.3, -0.25) is 0 Å². The molecule has 19 heavy (non-hydrogen) atoms. The molecule has 0 aliphatic heterocycles. The van der Waals surface area contributed by atoms with E-state index in [-0.39, 0.29) is 0 Å². The third kappa shape index (κ3) is 4.61. The number of rotatable bonds is 8. The molecule has 1 aromatic rings. The van der Waals surface area contributed by atoms with Crippen molar-refractivity contribution in [3.05, 3.63) is 29.3 Å². The van der Waals surface area contributed by atoms with Gasteiger partial charge in [-0.2, -0.15) is 0 Å². The second-order valence-corrected chi connectivity index (χ2v) is 6.24. The first kappa shape index (κ1) is 16.2. The van der Waals surface area contributed by atoms with Crippen LogP contribution in [0.15, 0.2) is 18.2 Å². The van der Waals surface area contributed by atoms with E-state index in [9.17, 15) is 0 Å². The fourth-order valence-electron chi connectivity index (χ4n) is 1.79. The average molecular weight is 284 g/mol. The maximum absolute atomic E-state index is 5.98. The molecular weight excluding hydrogens is 260 g/mol. The zero-order chi connectivity index (χ0) is 14.3. The van der Waals surface area contributed by atoms with Gasteiger partial charge in [-0.1, -0.05) is 17.7 Å². The molecule has 0 heterocycles. The predicted octanol–water partition coefficient (Wildman–Crippen LogP) is 3.23.